The Morgan fingerprint density at radius 3 is 2.95 bits per heavy atom. The maximum absolute atomic E-state index is 12.2. The molecule has 2 aromatic rings. The molecule has 0 bridgehead atoms. The molecule has 20 heavy (non-hydrogen) atoms. The zero-order valence-electron chi connectivity index (χ0n) is 11.3. The summed E-state index contributed by atoms with van der Waals surface area (Å²) in [5.41, 5.74) is 0.600. The van der Waals surface area contributed by atoms with Gasteiger partial charge in [-0.1, -0.05) is 11.8 Å². The van der Waals surface area contributed by atoms with Gasteiger partial charge in [-0.3, -0.25) is 4.79 Å². The molecule has 2 rings (SSSR count). The third kappa shape index (κ3) is 3.50. The molecular weight excluding hydrogens is 274 g/mol. The van der Waals surface area contributed by atoms with Crippen molar-refractivity contribution in [3.05, 3.63) is 45.5 Å². The summed E-state index contributed by atoms with van der Waals surface area (Å²) in [4.78, 5) is 14.6. The van der Waals surface area contributed by atoms with Gasteiger partial charge in [-0.15, -0.1) is 11.3 Å². The Labute approximate surface area is 121 Å². The Morgan fingerprint density at radius 1 is 1.50 bits per heavy atom. The van der Waals surface area contributed by atoms with Crippen molar-refractivity contribution < 1.29 is 14.3 Å². The number of rotatable bonds is 3. The summed E-state index contributed by atoms with van der Waals surface area (Å²) in [5, 5.41) is 10.4. The number of carbonyl (C=O) groups excluding carboxylic acids is 1. The predicted molar refractivity (Wildman–Crippen MR) is 77.5 cm³/mol. The number of carbonyl (C=O) groups is 1. The van der Waals surface area contributed by atoms with Crippen molar-refractivity contribution in [1.82, 2.24) is 4.90 Å². The van der Waals surface area contributed by atoms with Crippen molar-refractivity contribution >= 4 is 17.2 Å². The van der Waals surface area contributed by atoms with E-state index in [9.17, 15) is 4.79 Å². The average molecular weight is 289 g/mol. The molecule has 0 aromatic carbocycles. The Morgan fingerprint density at radius 2 is 2.30 bits per heavy atom. The molecular formula is C15H15NO3S. The van der Waals surface area contributed by atoms with E-state index >= 15 is 0 Å². The second-order valence-electron chi connectivity index (χ2n) is 4.33. The van der Waals surface area contributed by atoms with Gasteiger partial charge >= 0.3 is 0 Å². The van der Waals surface area contributed by atoms with Crippen molar-refractivity contribution in [3.63, 3.8) is 0 Å². The molecule has 5 heteroatoms. The number of nitrogens with zero attached hydrogens (tertiary/aromatic N) is 1. The second-order valence-corrected chi connectivity index (χ2v) is 5.24. The normalized spacial score (nSPS) is 9.95. The van der Waals surface area contributed by atoms with Gasteiger partial charge in [0.15, 0.2) is 0 Å². The fraction of sp³-hybridized carbons (Fsp3) is 0.267. The molecule has 0 radical (unpaired) electrons. The maximum Gasteiger partial charge on any atom is 0.254 e. The lowest BCUT2D eigenvalue weighted by Crippen LogP contribution is -2.25. The van der Waals surface area contributed by atoms with Gasteiger partial charge in [0.1, 0.15) is 18.1 Å². The van der Waals surface area contributed by atoms with Gasteiger partial charge in [-0.05, 0) is 25.1 Å². The number of aliphatic hydroxyl groups is 1. The number of aliphatic hydroxyl groups excluding tert-OH is 1. The van der Waals surface area contributed by atoms with Crippen molar-refractivity contribution in [2.24, 2.45) is 0 Å². The van der Waals surface area contributed by atoms with Gasteiger partial charge in [0.25, 0.3) is 5.91 Å². The molecule has 104 valence electrons. The molecule has 0 saturated carbocycles. The zero-order valence-corrected chi connectivity index (χ0v) is 12.2. The lowest BCUT2D eigenvalue weighted by atomic mass is 10.2. The summed E-state index contributed by atoms with van der Waals surface area (Å²) < 4.78 is 5.46. The van der Waals surface area contributed by atoms with Gasteiger partial charge in [-0.2, -0.15) is 0 Å². The molecule has 0 saturated heterocycles. The van der Waals surface area contributed by atoms with E-state index in [4.69, 9.17) is 9.52 Å². The van der Waals surface area contributed by atoms with Crippen molar-refractivity contribution in [1.29, 1.82) is 0 Å². The number of hydrogen-bond donors (Lipinski definition) is 1. The number of hydrogen-bond acceptors (Lipinski definition) is 4. The number of aryl methyl sites for hydroxylation is 1. The fourth-order valence-electron chi connectivity index (χ4n) is 1.74. The molecule has 0 fully saturated rings. The van der Waals surface area contributed by atoms with E-state index in [0.717, 1.165) is 16.4 Å². The van der Waals surface area contributed by atoms with Crippen LogP contribution in [0.15, 0.2) is 28.0 Å². The Bertz CT molecular complexity index is 660. The van der Waals surface area contributed by atoms with Gasteiger partial charge in [0, 0.05) is 12.4 Å². The van der Waals surface area contributed by atoms with Crippen LogP contribution < -0.4 is 0 Å². The molecule has 0 spiro atoms. The van der Waals surface area contributed by atoms with Crippen molar-refractivity contribution in [2.45, 2.75) is 13.5 Å². The van der Waals surface area contributed by atoms with E-state index < -0.39 is 0 Å². The van der Waals surface area contributed by atoms with Crippen LogP contribution in [-0.2, 0) is 6.54 Å². The summed E-state index contributed by atoms with van der Waals surface area (Å²) in [7, 11) is 1.73. The standard InChI is InChI=1S/C15H15NO3S/c1-11-5-6-13(19-11)9-16(2)15(18)12-8-14(20-10-12)4-3-7-17/h5-6,8,10,17H,7,9H2,1-2H3. The SMILES string of the molecule is Cc1ccc(CN(C)C(=O)c2csc(C#CCO)c2)o1. The van der Waals surface area contributed by atoms with Gasteiger partial charge < -0.3 is 14.4 Å². The first-order chi connectivity index (χ1) is 9.60. The summed E-state index contributed by atoms with van der Waals surface area (Å²) in [5.74, 6) is 6.87. The summed E-state index contributed by atoms with van der Waals surface area (Å²) in [6.45, 7) is 2.12. The largest absolute Gasteiger partial charge is 0.464 e. The Balaban J connectivity index is 2.04. The molecule has 2 heterocycles. The predicted octanol–water partition coefficient (Wildman–Crippen LogP) is 2.27. The smallest absolute Gasteiger partial charge is 0.254 e. The van der Waals surface area contributed by atoms with Crippen LogP contribution in [0.25, 0.3) is 0 Å². The third-order valence-corrected chi connectivity index (χ3v) is 3.52. The molecule has 0 atom stereocenters. The van der Waals surface area contributed by atoms with E-state index in [-0.39, 0.29) is 12.5 Å². The number of thiophene rings is 1. The molecule has 0 aliphatic rings. The highest BCUT2D eigenvalue weighted by Crippen LogP contribution is 2.16. The summed E-state index contributed by atoms with van der Waals surface area (Å²) >= 11 is 1.39. The quantitative estimate of drug-likeness (QED) is 0.882. The van der Waals surface area contributed by atoms with Crippen LogP contribution in [-0.4, -0.2) is 29.6 Å². The van der Waals surface area contributed by atoms with Gasteiger partial charge in [0.05, 0.1) is 17.0 Å². The summed E-state index contributed by atoms with van der Waals surface area (Å²) in [6.07, 6.45) is 0. The van der Waals surface area contributed by atoms with Crippen LogP contribution in [0.1, 0.15) is 26.8 Å². The van der Waals surface area contributed by atoms with Crippen LogP contribution in [0.3, 0.4) is 0 Å². The fourth-order valence-corrected chi connectivity index (χ4v) is 2.49. The zero-order chi connectivity index (χ0) is 14.5. The van der Waals surface area contributed by atoms with Crippen LogP contribution in [0.4, 0.5) is 0 Å². The second kappa shape index (κ2) is 6.42. The minimum atomic E-state index is -0.182. The minimum absolute atomic E-state index is 0.0765. The first-order valence-electron chi connectivity index (χ1n) is 6.09. The van der Waals surface area contributed by atoms with Crippen LogP contribution in [0.5, 0.6) is 0 Å². The number of furan rings is 1. The molecule has 2 aromatic heterocycles. The van der Waals surface area contributed by atoms with Crippen molar-refractivity contribution in [2.75, 3.05) is 13.7 Å². The topological polar surface area (TPSA) is 53.7 Å². The van der Waals surface area contributed by atoms with Gasteiger partial charge in [-0.25, -0.2) is 0 Å². The molecule has 0 aliphatic heterocycles. The molecule has 0 aliphatic carbocycles. The average Bonchev–Trinajstić information content (AvgIpc) is 3.04. The van der Waals surface area contributed by atoms with Crippen LogP contribution >= 0.6 is 11.3 Å². The minimum Gasteiger partial charge on any atom is -0.464 e. The first-order valence-corrected chi connectivity index (χ1v) is 6.97. The highest BCUT2D eigenvalue weighted by atomic mass is 32.1. The van der Waals surface area contributed by atoms with Crippen LogP contribution in [0.2, 0.25) is 0 Å². The highest BCUT2D eigenvalue weighted by Gasteiger charge is 2.14. The summed E-state index contributed by atoms with van der Waals surface area (Å²) in [6, 6.07) is 5.48. The van der Waals surface area contributed by atoms with E-state index in [1.54, 1.807) is 23.4 Å². The molecule has 1 amide bonds. The molecule has 4 nitrogen and oxygen atoms in total. The van der Waals surface area contributed by atoms with Gasteiger partial charge in [0.2, 0.25) is 0 Å². The Kier molecular flexibility index (Phi) is 4.61. The lowest BCUT2D eigenvalue weighted by molar-refractivity contribution is 0.0775. The van der Waals surface area contributed by atoms with E-state index in [0.29, 0.717) is 12.1 Å². The van der Waals surface area contributed by atoms with E-state index in [1.807, 2.05) is 19.1 Å². The third-order valence-electron chi connectivity index (χ3n) is 2.67. The lowest BCUT2D eigenvalue weighted by Gasteiger charge is -2.14. The first kappa shape index (κ1) is 14.4. The monoisotopic (exact) mass is 289 g/mol. The van der Waals surface area contributed by atoms with E-state index in [1.165, 1.54) is 11.3 Å². The van der Waals surface area contributed by atoms with Crippen LogP contribution in [0, 0.1) is 18.8 Å². The van der Waals surface area contributed by atoms with E-state index in [2.05, 4.69) is 11.8 Å². The highest BCUT2D eigenvalue weighted by molar-refractivity contribution is 7.10. The molecule has 0 unspecified atom stereocenters. The maximum atomic E-state index is 12.2. The Hall–Kier alpha value is -2.03. The number of amides is 1. The molecule has 1 N–H and O–H groups in total. The van der Waals surface area contributed by atoms with Crippen molar-refractivity contribution in [3.8, 4) is 11.8 Å².